The topological polar surface area (TPSA) is 49.8 Å². The lowest BCUT2D eigenvalue weighted by Crippen LogP contribution is -2.43. The zero-order valence-electron chi connectivity index (χ0n) is 11.6. The third-order valence-electron chi connectivity index (χ3n) is 4.29. The number of hydrogen-bond acceptors (Lipinski definition) is 3. The summed E-state index contributed by atoms with van der Waals surface area (Å²) >= 11 is 0. The molecule has 4 nitrogen and oxygen atoms in total. The number of fused-ring (bicyclic) bond motifs is 1. The summed E-state index contributed by atoms with van der Waals surface area (Å²) in [5, 5.41) is 9.33. The first-order chi connectivity index (χ1) is 9.74. The first-order valence-electron chi connectivity index (χ1n) is 7.41. The Hall–Kier alpha value is -1.55. The van der Waals surface area contributed by atoms with Crippen molar-refractivity contribution < 1.29 is 14.6 Å². The molecule has 0 saturated carbocycles. The maximum absolute atomic E-state index is 11.3. The SMILES string of the molecule is O=C(O)C1Cc2ccccc2N(CC2CCCCO2)C1. The predicted octanol–water partition coefficient (Wildman–Crippen LogP) is 2.32. The van der Waals surface area contributed by atoms with Gasteiger partial charge in [-0.2, -0.15) is 0 Å². The highest BCUT2D eigenvalue weighted by Crippen LogP contribution is 2.30. The Balaban J connectivity index is 1.79. The molecule has 0 bridgehead atoms. The van der Waals surface area contributed by atoms with E-state index in [-0.39, 0.29) is 12.0 Å². The van der Waals surface area contributed by atoms with Crippen LogP contribution < -0.4 is 4.90 Å². The van der Waals surface area contributed by atoms with Crippen molar-refractivity contribution >= 4 is 11.7 Å². The molecular weight excluding hydrogens is 254 g/mol. The zero-order chi connectivity index (χ0) is 13.9. The number of hydrogen-bond donors (Lipinski definition) is 1. The lowest BCUT2D eigenvalue weighted by molar-refractivity contribution is -0.141. The van der Waals surface area contributed by atoms with Gasteiger partial charge in [0.1, 0.15) is 0 Å². The maximum atomic E-state index is 11.3. The van der Waals surface area contributed by atoms with E-state index in [9.17, 15) is 9.90 Å². The fraction of sp³-hybridized carbons (Fsp3) is 0.562. The van der Waals surface area contributed by atoms with Crippen LogP contribution in [0.25, 0.3) is 0 Å². The van der Waals surface area contributed by atoms with Crippen molar-refractivity contribution in [3.8, 4) is 0 Å². The molecule has 3 rings (SSSR count). The Bertz CT molecular complexity index is 482. The van der Waals surface area contributed by atoms with Crippen LogP contribution in [-0.4, -0.2) is 36.9 Å². The molecule has 4 heteroatoms. The Morgan fingerprint density at radius 1 is 1.35 bits per heavy atom. The fourth-order valence-electron chi connectivity index (χ4n) is 3.22. The van der Waals surface area contributed by atoms with Gasteiger partial charge in [0.25, 0.3) is 0 Å². The van der Waals surface area contributed by atoms with Gasteiger partial charge in [0.2, 0.25) is 0 Å². The third kappa shape index (κ3) is 2.80. The molecule has 1 N–H and O–H groups in total. The molecule has 0 spiro atoms. The van der Waals surface area contributed by atoms with Gasteiger partial charge in [0.15, 0.2) is 0 Å². The Kier molecular flexibility index (Phi) is 3.92. The molecule has 2 aliphatic rings. The van der Waals surface area contributed by atoms with Crippen LogP contribution in [-0.2, 0) is 16.0 Å². The van der Waals surface area contributed by atoms with Crippen molar-refractivity contribution in [1.29, 1.82) is 0 Å². The molecule has 20 heavy (non-hydrogen) atoms. The minimum Gasteiger partial charge on any atom is -0.481 e. The summed E-state index contributed by atoms with van der Waals surface area (Å²) in [5.74, 6) is -1.01. The van der Waals surface area contributed by atoms with Gasteiger partial charge in [0, 0.05) is 25.4 Å². The van der Waals surface area contributed by atoms with Crippen molar-refractivity contribution in [2.75, 3.05) is 24.6 Å². The van der Waals surface area contributed by atoms with Gasteiger partial charge in [-0.25, -0.2) is 0 Å². The van der Waals surface area contributed by atoms with Crippen LogP contribution in [0.15, 0.2) is 24.3 Å². The summed E-state index contributed by atoms with van der Waals surface area (Å²) in [4.78, 5) is 13.5. The molecule has 2 atom stereocenters. The van der Waals surface area contributed by atoms with Crippen molar-refractivity contribution in [3.05, 3.63) is 29.8 Å². The van der Waals surface area contributed by atoms with E-state index in [4.69, 9.17) is 4.74 Å². The van der Waals surface area contributed by atoms with Gasteiger partial charge in [-0.05, 0) is 37.3 Å². The van der Waals surface area contributed by atoms with E-state index in [2.05, 4.69) is 11.0 Å². The standard InChI is InChI=1S/C16H21NO3/c18-16(19)13-9-12-5-1-2-7-15(12)17(10-13)11-14-6-3-4-8-20-14/h1-2,5,7,13-14H,3-4,6,8-11H2,(H,18,19). The average molecular weight is 275 g/mol. The van der Waals surface area contributed by atoms with Gasteiger partial charge in [-0.1, -0.05) is 18.2 Å². The smallest absolute Gasteiger partial charge is 0.308 e. The molecule has 2 unspecified atom stereocenters. The Labute approximate surface area is 119 Å². The molecule has 0 aliphatic carbocycles. The number of para-hydroxylation sites is 1. The Morgan fingerprint density at radius 2 is 2.20 bits per heavy atom. The van der Waals surface area contributed by atoms with Crippen LogP contribution in [0.3, 0.4) is 0 Å². The molecule has 1 saturated heterocycles. The molecule has 108 valence electrons. The minimum atomic E-state index is -0.700. The highest BCUT2D eigenvalue weighted by molar-refractivity contribution is 5.73. The lowest BCUT2D eigenvalue weighted by atomic mass is 9.92. The Morgan fingerprint density at radius 3 is 2.95 bits per heavy atom. The number of rotatable bonds is 3. The van der Waals surface area contributed by atoms with E-state index in [1.54, 1.807) is 0 Å². The highest BCUT2D eigenvalue weighted by atomic mass is 16.5. The summed E-state index contributed by atoms with van der Waals surface area (Å²) in [7, 11) is 0. The number of carbonyl (C=O) groups is 1. The maximum Gasteiger partial charge on any atom is 0.308 e. The van der Waals surface area contributed by atoms with Crippen LogP contribution in [0.4, 0.5) is 5.69 Å². The minimum absolute atomic E-state index is 0.240. The number of anilines is 1. The monoisotopic (exact) mass is 275 g/mol. The number of nitrogens with zero attached hydrogens (tertiary/aromatic N) is 1. The number of ether oxygens (including phenoxy) is 1. The predicted molar refractivity (Wildman–Crippen MR) is 77.1 cm³/mol. The van der Waals surface area contributed by atoms with Gasteiger partial charge < -0.3 is 14.7 Å². The molecule has 1 aromatic carbocycles. The second-order valence-corrected chi connectivity index (χ2v) is 5.76. The van der Waals surface area contributed by atoms with Crippen LogP contribution >= 0.6 is 0 Å². The first kappa shape index (κ1) is 13.4. The number of carboxylic acid groups (broad SMARTS) is 1. The van der Waals surface area contributed by atoms with Crippen molar-refractivity contribution in [2.24, 2.45) is 5.92 Å². The normalized spacial score (nSPS) is 26.1. The van der Waals surface area contributed by atoms with E-state index >= 15 is 0 Å². The van der Waals surface area contributed by atoms with E-state index in [1.807, 2.05) is 18.2 Å². The number of carboxylic acids is 1. The first-order valence-corrected chi connectivity index (χ1v) is 7.41. The second kappa shape index (κ2) is 5.83. The van der Waals surface area contributed by atoms with E-state index in [0.29, 0.717) is 13.0 Å². The van der Waals surface area contributed by atoms with Crippen LogP contribution in [0, 0.1) is 5.92 Å². The summed E-state index contributed by atoms with van der Waals surface area (Å²) in [5.41, 5.74) is 2.32. The molecule has 0 radical (unpaired) electrons. The summed E-state index contributed by atoms with van der Waals surface area (Å²) < 4.78 is 5.80. The van der Waals surface area contributed by atoms with E-state index < -0.39 is 5.97 Å². The molecule has 1 fully saturated rings. The molecular formula is C16H21NO3. The van der Waals surface area contributed by atoms with Gasteiger partial charge in [0.05, 0.1) is 12.0 Å². The largest absolute Gasteiger partial charge is 0.481 e. The van der Waals surface area contributed by atoms with Crippen molar-refractivity contribution in [2.45, 2.75) is 31.8 Å². The second-order valence-electron chi connectivity index (χ2n) is 5.76. The third-order valence-corrected chi connectivity index (χ3v) is 4.29. The molecule has 2 aliphatic heterocycles. The summed E-state index contributed by atoms with van der Waals surface area (Å²) in [6.45, 7) is 2.23. The average Bonchev–Trinajstić information content (AvgIpc) is 2.48. The number of aliphatic carboxylic acids is 1. The van der Waals surface area contributed by atoms with Crippen LogP contribution in [0.2, 0.25) is 0 Å². The van der Waals surface area contributed by atoms with Gasteiger partial charge in [-0.15, -0.1) is 0 Å². The van der Waals surface area contributed by atoms with Crippen LogP contribution in [0.5, 0.6) is 0 Å². The van der Waals surface area contributed by atoms with E-state index in [1.165, 1.54) is 12.1 Å². The highest BCUT2D eigenvalue weighted by Gasteiger charge is 2.30. The van der Waals surface area contributed by atoms with Crippen molar-refractivity contribution in [3.63, 3.8) is 0 Å². The number of benzene rings is 1. The van der Waals surface area contributed by atoms with Crippen molar-refractivity contribution in [1.82, 2.24) is 0 Å². The van der Waals surface area contributed by atoms with E-state index in [0.717, 1.165) is 31.6 Å². The molecule has 0 amide bonds. The molecule has 1 aromatic rings. The van der Waals surface area contributed by atoms with Gasteiger partial charge in [-0.3, -0.25) is 4.79 Å². The van der Waals surface area contributed by atoms with Crippen LogP contribution in [0.1, 0.15) is 24.8 Å². The fourth-order valence-corrected chi connectivity index (χ4v) is 3.22. The lowest BCUT2D eigenvalue weighted by Gasteiger charge is -2.37. The molecule has 2 heterocycles. The quantitative estimate of drug-likeness (QED) is 0.919. The van der Waals surface area contributed by atoms with Gasteiger partial charge >= 0.3 is 5.97 Å². The summed E-state index contributed by atoms with van der Waals surface area (Å²) in [6.07, 6.45) is 4.31. The zero-order valence-corrected chi connectivity index (χ0v) is 11.6. The molecule has 0 aromatic heterocycles. The summed E-state index contributed by atoms with van der Waals surface area (Å²) in [6, 6.07) is 8.14.